The first kappa shape index (κ1) is 14.8. The Morgan fingerprint density at radius 3 is 2.76 bits per heavy atom. The second kappa shape index (κ2) is 6.25. The van der Waals surface area contributed by atoms with Crippen LogP contribution in [0.4, 0.5) is 20.2 Å². The SMILES string of the molecule is Cc1cccnc1CNc1ccc([N+](=O)[O-])cc1C(F)F. The molecule has 0 fully saturated rings. The van der Waals surface area contributed by atoms with E-state index in [1.165, 1.54) is 12.1 Å². The van der Waals surface area contributed by atoms with Crippen molar-refractivity contribution < 1.29 is 13.7 Å². The van der Waals surface area contributed by atoms with E-state index in [0.29, 0.717) is 0 Å². The number of benzene rings is 1. The van der Waals surface area contributed by atoms with Crippen LogP contribution in [0.25, 0.3) is 0 Å². The topological polar surface area (TPSA) is 68.1 Å². The number of non-ortho nitro benzene ring substituents is 1. The van der Waals surface area contributed by atoms with Gasteiger partial charge in [-0.15, -0.1) is 0 Å². The molecule has 2 aromatic rings. The third kappa shape index (κ3) is 3.50. The number of rotatable bonds is 5. The zero-order chi connectivity index (χ0) is 15.4. The van der Waals surface area contributed by atoms with Crippen LogP contribution in [0.5, 0.6) is 0 Å². The summed E-state index contributed by atoms with van der Waals surface area (Å²) in [5.74, 6) is 0. The lowest BCUT2D eigenvalue weighted by Crippen LogP contribution is -2.06. The summed E-state index contributed by atoms with van der Waals surface area (Å²) in [5.41, 5.74) is 1.09. The van der Waals surface area contributed by atoms with Crippen molar-refractivity contribution in [1.29, 1.82) is 0 Å². The predicted octanol–water partition coefficient (Wildman–Crippen LogP) is 3.85. The van der Waals surface area contributed by atoms with Gasteiger partial charge in [-0.1, -0.05) is 6.07 Å². The van der Waals surface area contributed by atoms with Gasteiger partial charge in [0, 0.05) is 29.6 Å². The van der Waals surface area contributed by atoms with E-state index >= 15 is 0 Å². The Hall–Kier alpha value is -2.57. The summed E-state index contributed by atoms with van der Waals surface area (Å²) in [7, 11) is 0. The molecule has 110 valence electrons. The van der Waals surface area contributed by atoms with Crippen LogP contribution in [0.15, 0.2) is 36.5 Å². The number of nitrogens with one attached hydrogen (secondary N) is 1. The third-order valence-electron chi connectivity index (χ3n) is 3.05. The molecule has 0 saturated carbocycles. The molecule has 1 aromatic carbocycles. The number of anilines is 1. The number of alkyl halides is 2. The maximum atomic E-state index is 13.0. The van der Waals surface area contributed by atoms with Gasteiger partial charge in [0.25, 0.3) is 12.1 Å². The van der Waals surface area contributed by atoms with Crippen LogP contribution in [0, 0.1) is 17.0 Å². The van der Waals surface area contributed by atoms with Crippen molar-refractivity contribution in [2.75, 3.05) is 5.32 Å². The molecular formula is C14H13F2N3O2. The van der Waals surface area contributed by atoms with Gasteiger partial charge in [0.05, 0.1) is 17.2 Å². The lowest BCUT2D eigenvalue weighted by Gasteiger charge is -2.12. The van der Waals surface area contributed by atoms with E-state index < -0.39 is 16.9 Å². The van der Waals surface area contributed by atoms with Crippen LogP contribution in [0.1, 0.15) is 23.2 Å². The molecule has 0 aliphatic rings. The average Bonchev–Trinajstić information content (AvgIpc) is 2.46. The summed E-state index contributed by atoms with van der Waals surface area (Å²) >= 11 is 0. The fraction of sp³-hybridized carbons (Fsp3) is 0.214. The highest BCUT2D eigenvalue weighted by atomic mass is 19.3. The van der Waals surface area contributed by atoms with Crippen molar-refractivity contribution in [3.8, 4) is 0 Å². The molecule has 7 heteroatoms. The summed E-state index contributed by atoms with van der Waals surface area (Å²) in [6, 6.07) is 7.03. The molecule has 0 aliphatic carbocycles. The molecule has 0 spiro atoms. The van der Waals surface area contributed by atoms with Gasteiger partial charge >= 0.3 is 0 Å². The normalized spacial score (nSPS) is 10.7. The van der Waals surface area contributed by atoms with Gasteiger partial charge in [-0.3, -0.25) is 15.1 Å². The number of hydrogen-bond donors (Lipinski definition) is 1. The molecule has 0 bridgehead atoms. The van der Waals surface area contributed by atoms with E-state index in [9.17, 15) is 18.9 Å². The largest absolute Gasteiger partial charge is 0.379 e. The number of nitrogens with zero attached hydrogens (tertiary/aromatic N) is 2. The smallest absolute Gasteiger partial charge is 0.270 e. The van der Waals surface area contributed by atoms with E-state index in [2.05, 4.69) is 10.3 Å². The highest BCUT2D eigenvalue weighted by molar-refractivity contribution is 5.56. The van der Waals surface area contributed by atoms with Gasteiger partial charge in [0.1, 0.15) is 0 Å². The molecule has 0 unspecified atom stereocenters. The fourth-order valence-corrected chi connectivity index (χ4v) is 1.89. The van der Waals surface area contributed by atoms with Gasteiger partial charge in [-0.05, 0) is 24.6 Å². The lowest BCUT2D eigenvalue weighted by molar-refractivity contribution is -0.385. The van der Waals surface area contributed by atoms with Crippen LogP contribution in [-0.4, -0.2) is 9.91 Å². The van der Waals surface area contributed by atoms with Crippen LogP contribution >= 0.6 is 0 Å². The molecule has 0 amide bonds. The van der Waals surface area contributed by atoms with Gasteiger partial charge in [0.2, 0.25) is 0 Å². The third-order valence-corrected chi connectivity index (χ3v) is 3.05. The highest BCUT2D eigenvalue weighted by Gasteiger charge is 2.18. The number of nitro groups is 1. The van der Waals surface area contributed by atoms with Gasteiger partial charge < -0.3 is 5.32 Å². The zero-order valence-corrected chi connectivity index (χ0v) is 11.2. The van der Waals surface area contributed by atoms with Crippen LogP contribution in [0.2, 0.25) is 0 Å². The molecule has 0 atom stereocenters. The lowest BCUT2D eigenvalue weighted by atomic mass is 10.1. The summed E-state index contributed by atoms with van der Waals surface area (Å²) in [6.45, 7) is 2.14. The number of pyridine rings is 1. The van der Waals surface area contributed by atoms with E-state index in [4.69, 9.17) is 0 Å². The van der Waals surface area contributed by atoms with Crippen molar-refractivity contribution in [3.63, 3.8) is 0 Å². The molecule has 0 radical (unpaired) electrons. The first-order valence-corrected chi connectivity index (χ1v) is 6.20. The molecule has 2 rings (SSSR count). The molecule has 0 saturated heterocycles. The average molecular weight is 293 g/mol. The number of aryl methyl sites for hydroxylation is 1. The standard InChI is InChI=1S/C14H13F2N3O2/c1-9-3-2-6-17-13(9)8-18-12-5-4-10(19(20)21)7-11(12)14(15)16/h2-7,14,18H,8H2,1H3. The first-order chi connectivity index (χ1) is 9.99. The fourth-order valence-electron chi connectivity index (χ4n) is 1.89. The summed E-state index contributed by atoms with van der Waals surface area (Å²) in [5, 5.41) is 13.5. The number of hydrogen-bond acceptors (Lipinski definition) is 4. The molecule has 5 nitrogen and oxygen atoms in total. The maximum absolute atomic E-state index is 13.0. The van der Waals surface area contributed by atoms with E-state index in [-0.39, 0.29) is 17.9 Å². The number of halogens is 2. The molecule has 0 aliphatic heterocycles. The van der Waals surface area contributed by atoms with E-state index in [0.717, 1.165) is 17.3 Å². The minimum atomic E-state index is -2.79. The van der Waals surface area contributed by atoms with Crippen molar-refractivity contribution >= 4 is 11.4 Å². The summed E-state index contributed by atoms with van der Waals surface area (Å²) in [4.78, 5) is 14.1. The minimum absolute atomic E-state index is 0.167. The Balaban J connectivity index is 2.23. The van der Waals surface area contributed by atoms with E-state index in [1.807, 2.05) is 13.0 Å². The monoisotopic (exact) mass is 293 g/mol. The van der Waals surface area contributed by atoms with Gasteiger partial charge in [0.15, 0.2) is 0 Å². The van der Waals surface area contributed by atoms with Crippen molar-refractivity contribution in [1.82, 2.24) is 4.98 Å². The van der Waals surface area contributed by atoms with Crippen LogP contribution in [0.3, 0.4) is 0 Å². The quantitative estimate of drug-likeness (QED) is 0.671. The second-order valence-corrected chi connectivity index (χ2v) is 4.45. The number of aromatic nitrogens is 1. The van der Waals surface area contributed by atoms with Gasteiger partial charge in [-0.25, -0.2) is 8.78 Å². The molecule has 1 heterocycles. The van der Waals surface area contributed by atoms with Crippen LogP contribution < -0.4 is 5.32 Å². The molecule has 1 aromatic heterocycles. The van der Waals surface area contributed by atoms with E-state index in [1.54, 1.807) is 12.3 Å². The Morgan fingerprint density at radius 2 is 2.14 bits per heavy atom. The Morgan fingerprint density at radius 1 is 1.38 bits per heavy atom. The summed E-state index contributed by atoms with van der Waals surface area (Å²) < 4.78 is 26.0. The molecule has 1 N–H and O–H groups in total. The van der Waals surface area contributed by atoms with Crippen molar-refractivity contribution in [2.45, 2.75) is 19.9 Å². The number of nitro benzene ring substituents is 1. The maximum Gasteiger partial charge on any atom is 0.270 e. The van der Waals surface area contributed by atoms with Crippen LogP contribution in [-0.2, 0) is 6.54 Å². The first-order valence-electron chi connectivity index (χ1n) is 6.20. The highest BCUT2D eigenvalue weighted by Crippen LogP contribution is 2.30. The predicted molar refractivity (Wildman–Crippen MR) is 74.4 cm³/mol. The zero-order valence-electron chi connectivity index (χ0n) is 11.2. The van der Waals surface area contributed by atoms with Crippen molar-refractivity contribution in [2.24, 2.45) is 0 Å². The van der Waals surface area contributed by atoms with Gasteiger partial charge in [-0.2, -0.15) is 0 Å². The molecular weight excluding hydrogens is 280 g/mol. The Labute approximate surface area is 119 Å². The Bertz CT molecular complexity index is 662. The second-order valence-electron chi connectivity index (χ2n) is 4.45. The summed E-state index contributed by atoms with van der Waals surface area (Å²) in [6.07, 6.45) is -1.18. The molecule has 21 heavy (non-hydrogen) atoms. The van der Waals surface area contributed by atoms with Crippen molar-refractivity contribution in [3.05, 3.63) is 63.5 Å². The Kier molecular flexibility index (Phi) is 4.42. The minimum Gasteiger partial charge on any atom is -0.379 e.